The number of hydrogen-bond donors (Lipinski definition) is 1. The molecule has 1 aromatic carbocycles. The zero-order valence-corrected chi connectivity index (χ0v) is 18.1. The predicted octanol–water partition coefficient (Wildman–Crippen LogP) is 5.29. The van der Waals surface area contributed by atoms with Gasteiger partial charge in [-0.05, 0) is 75.3 Å². The van der Waals surface area contributed by atoms with E-state index in [1.165, 1.54) is 19.3 Å². The van der Waals surface area contributed by atoms with E-state index in [2.05, 4.69) is 5.32 Å². The number of rotatable bonds is 5. The largest absolute Gasteiger partial charge is 0.497 e. The lowest BCUT2D eigenvalue weighted by atomic mass is 9.49. The Labute approximate surface area is 175 Å². The van der Waals surface area contributed by atoms with Crippen molar-refractivity contribution in [2.24, 2.45) is 23.2 Å². The molecule has 6 heteroatoms. The van der Waals surface area contributed by atoms with Crippen LogP contribution in [0.3, 0.4) is 0 Å². The molecule has 0 unspecified atom stereocenters. The number of aromatic nitrogens is 1. The lowest BCUT2D eigenvalue weighted by Gasteiger charge is -2.55. The number of nitrogens with one attached hydrogen (secondary N) is 1. The number of anilines is 1. The van der Waals surface area contributed by atoms with E-state index in [1.54, 1.807) is 25.6 Å². The van der Waals surface area contributed by atoms with Crippen LogP contribution in [0.2, 0.25) is 0 Å². The van der Waals surface area contributed by atoms with Crippen LogP contribution in [0.4, 0.5) is 5.13 Å². The van der Waals surface area contributed by atoms with Crippen molar-refractivity contribution in [3.8, 4) is 22.8 Å². The molecule has 4 aliphatic rings. The first kappa shape index (κ1) is 18.9. The first-order valence-electron chi connectivity index (χ1n) is 10.5. The predicted molar refractivity (Wildman–Crippen MR) is 115 cm³/mol. The maximum absolute atomic E-state index is 13.3. The highest BCUT2D eigenvalue weighted by molar-refractivity contribution is 7.16. The number of hydrogen-bond acceptors (Lipinski definition) is 5. The number of benzene rings is 1. The quantitative estimate of drug-likeness (QED) is 0.725. The molecule has 0 radical (unpaired) electrons. The van der Waals surface area contributed by atoms with Crippen molar-refractivity contribution in [2.75, 3.05) is 19.5 Å². The zero-order chi connectivity index (χ0) is 20.2. The Bertz CT molecular complexity index is 916. The molecule has 0 aliphatic heterocycles. The molecular weight excluding hydrogens is 384 g/mol. The number of methoxy groups -OCH3 is 2. The Morgan fingerprint density at radius 3 is 2.34 bits per heavy atom. The van der Waals surface area contributed by atoms with Gasteiger partial charge in [-0.2, -0.15) is 0 Å². The normalized spacial score (nSPS) is 29.7. The van der Waals surface area contributed by atoms with Crippen molar-refractivity contribution in [3.05, 3.63) is 23.1 Å². The van der Waals surface area contributed by atoms with Crippen LogP contribution in [0.5, 0.6) is 11.5 Å². The smallest absolute Gasteiger partial charge is 0.232 e. The van der Waals surface area contributed by atoms with Gasteiger partial charge in [-0.15, -0.1) is 11.3 Å². The van der Waals surface area contributed by atoms with E-state index >= 15 is 0 Å². The van der Waals surface area contributed by atoms with Crippen LogP contribution in [-0.2, 0) is 4.79 Å². The highest BCUT2D eigenvalue weighted by Gasteiger charge is 2.54. The molecule has 2 aromatic rings. The summed E-state index contributed by atoms with van der Waals surface area (Å²) < 4.78 is 10.8. The SMILES string of the molecule is COc1ccc(-c2nc(NC(=O)C34CC5CC(CC(C5)C3)C4)sc2C)c(OC)c1. The van der Waals surface area contributed by atoms with Gasteiger partial charge in [-0.1, -0.05) is 0 Å². The third kappa shape index (κ3) is 3.21. The minimum atomic E-state index is -0.160. The first-order valence-corrected chi connectivity index (χ1v) is 11.3. The van der Waals surface area contributed by atoms with Gasteiger partial charge in [0.15, 0.2) is 5.13 Å². The monoisotopic (exact) mass is 412 g/mol. The van der Waals surface area contributed by atoms with E-state index in [0.717, 1.165) is 64.6 Å². The number of nitrogens with zero attached hydrogens (tertiary/aromatic N) is 1. The number of carbonyl (C=O) groups is 1. The second-order valence-corrected chi connectivity index (χ2v) is 10.3. The Hall–Kier alpha value is -2.08. The first-order chi connectivity index (χ1) is 14.0. The Balaban J connectivity index is 1.39. The molecule has 5 nitrogen and oxygen atoms in total. The molecule has 1 N–H and O–H groups in total. The highest BCUT2D eigenvalue weighted by atomic mass is 32.1. The molecule has 154 valence electrons. The average Bonchev–Trinajstić information content (AvgIpc) is 3.06. The van der Waals surface area contributed by atoms with Gasteiger partial charge in [0.25, 0.3) is 0 Å². The van der Waals surface area contributed by atoms with Gasteiger partial charge in [0.1, 0.15) is 11.5 Å². The van der Waals surface area contributed by atoms with Gasteiger partial charge in [0.05, 0.1) is 25.3 Å². The molecule has 29 heavy (non-hydrogen) atoms. The molecule has 4 fully saturated rings. The van der Waals surface area contributed by atoms with Crippen LogP contribution in [0, 0.1) is 30.1 Å². The third-order valence-corrected chi connectivity index (χ3v) is 8.09. The topological polar surface area (TPSA) is 60.5 Å². The van der Waals surface area contributed by atoms with Crippen LogP contribution in [0.15, 0.2) is 18.2 Å². The van der Waals surface area contributed by atoms with E-state index in [-0.39, 0.29) is 11.3 Å². The van der Waals surface area contributed by atoms with Crippen molar-refractivity contribution in [1.82, 2.24) is 4.98 Å². The molecule has 0 atom stereocenters. The molecule has 1 aromatic heterocycles. The molecule has 4 saturated carbocycles. The van der Waals surface area contributed by atoms with E-state index in [9.17, 15) is 4.79 Å². The van der Waals surface area contributed by atoms with Gasteiger partial charge in [0, 0.05) is 16.5 Å². The van der Waals surface area contributed by atoms with Crippen LogP contribution in [0.25, 0.3) is 11.3 Å². The van der Waals surface area contributed by atoms with Crippen molar-refractivity contribution < 1.29 is 14.3 Å². The van der Waals surface area contributed by atoms with Crippen LogP contribution < -0.4 is 14.8 Å². The molecular formula is C23H28N2O3S. The lowest BCUT2D eigenvalue weighted by Crippen LogP contribution is -2.51. The molecule has 1 amide bonds. The van der Waals surface area contributed by atoms with Crippen LogP contribution in [0.1, 0.15) is 43.4 Å². The van der Waals surface area contributed by atoms with Crippen molar-refractivity contribution in [1.29, 1.82) is 0 Å². The minimum absolute atomic E-state index is 0.160. The van der Waals surface area contributed by atoms with E-state index < -0.39 is 0 Å². The number of carbonyl (C=O) groups excluding carboxylic acids is 1. The van der Waals surface area contributed by atoms with Gasteiger partial charge in [-0.3, -0.25) is 4.79 Å². The molecule has 0 spiro atoms. The number of aryl methyl sites for hydroxylation is 1. The van der Waals surface area contributed by atoms with E-state index in [1.807, 2.05) is 25.1 Å². The maximum Gasteiger partial charge on any atom is 0.232 e. The van der Waals surface area contributed by atoms with Crippen molar-refractivity contribution in [2.45, 2.75) is 45.4 Å². The second kappa shape index (κ2) is 7.01. The molecule has 6 rings (SSSR count). The molecule has 1 heterocycles. The number of amides is 1. The van der Waals surface area contributed by atoms with Crippen molar-refractivity contribution >= 4 is 22.4 Å². The molecule has 4 bridgehead atoms. The summed E-state index contributed by atoms with van der Waals surface area (Å²) >= 11 is 1.54. The standard InChI is InChI=1S/C23H28N2O3S/c1-13-20(18-5-4-17(27-2)9-19(18)28-3)24-22(29-13)25-21(26)23-10-14-6-15(11-23)8-16(7-14)12-23/h4-5,9,14-16H,6-8,10-12H2,1-3H3,(H,24,25,26). The van der Waals surface area contributed by atoms with Crippen LogP contribution in [-0.4, -0.2) is 25.1 Å². The fourth-order valence-corrected chi connectivity index (χ4v) is 7.14. The lowest BCUT2D eigenvalue weighted by molar-refractivity contribution is -0.140. The minimum Gasteiger partial charge on any atom is -0.497 e. The molecule has 0 saturated heterocycles. The number of thiazole rings is 1. The average molecular weight is 413 g/mol. The fraction of sp³-hybridized carbons (Fsp3) is 0.565. The summed E-state index contributed by atoms with van der Waals surface area (Å²) in [6, 6.07) is 5.73. The van der Waals surface area contributed by atoms with E-state index in [0.29, 0.717) is 5.13 Å². The summed E-state index contributed by atoms with van der Waals surface area (Å²) in [6.07, 6.45) is 7.20. The Morgan fingerprint density at radius 2 is 1.76 bits per heavy atom. The zero-order valence-electron chi connectivity index (χ0n) is 17.3. The summed E-state index contributed by atoms with van der Waals surface area (Å²) in [5.41, 5.74) is 1.61. The summed E-state index contributed by atoms with van der Waals surface area (Å²) in [5.74, 6) is 3.92. The summed E-state index contributed by atoms with van der Waals surface area (Å²) in [4.78, 5) is 19.2. The third-order valence-electron chi connectivity index (χ3n) is 7.20. The Kier molecular flexibility index (Phi) is 4.57. The maximum atomic E-state index is 13.3. The van der Waals surface area contributed by atoms with Gasteiger partial charge in [-0.25, -0.2) is 4.98 Å². The van der Waals surface area contributed by atoms with Crippen LogP contribution >= 0.6 is 11.3 Å². The number of ether oxygens (including phenoxy) is 2. The summed E-state index contributed by atoms with van der Waals surface area (Å²) in [6.45, 7) is 2.04. The fourth-order valence-electron chi connectivity index (χ4n) is 6.31. The highest BCUT2D eigenvalue weighted by Crippen LogP contribution is 2.60. The van der Waals surface area contributed by atoms with Gasteiger partial charge >= 0.3 is 0 Å². The molecule has 4 aliphatic carbocycles. The van der Waals surface area contributed by atoms with Crippen molar-refractivity contribution in [3.63, 3.8) is 0 Å². The van der Waals surface area contributed by atoms with Gasteiger partial charge < -0.3 is 14.8 Å². The second-order valence-electron chi connectivity index (χ2n) is 9.14. The summed E-state index contributed by atoms with van der Waals surface area (Å²) in [7, 11) is 3.29. The summed E-state index contributed by atoms with van der Waals surface area (Å²) in [5, 5.41) is 3.88. The van der Waals surface area contributed by atoms with E-state index in [4.69, 9.17) is 14.5 Å². The van der Waals surface area contributed by atoms with Gasteiger partial charge in [0.2, 0.25) is 5.91 Å². The Morgan fingerprint density at radius 1 is 1.10 bits per heavy atom.